The molecule has 4 aromatic rings. The Morgan fingerprint density at radius 1 is 1.28 bits per heavy atom. The highest BCUT2D eigenvalue weighted by atomic mass is 35.5. The van der Waals surface area contributed by atoms with Crippen molar-refractivity contribution in [1.82, 2.24) is 30.2 Å². The van der Waals surface area contributed by atoms with Crippen LogP contribution in [0.15, 0.2) is 42.0 Å². The number of halogens is 2. The summed E-state index contributed by atoms with van der Waals surface area (Å²) in [4.78, 5) is 5.47. The first-order valence-corrected chi connectivity index (χ1v) is 8.54. The van der Waals surface area contributed by atoms with E-state index in [1.807, 2.05) is 18.4 Å². The summed E-state index contributed by atoms with van der Waals surface area (Å²) in [6.45, 7) is 2.01. The molecule has 0 saturated carbocycles. The fourth-order valence-corrected chi connectivity index (χ4v) is 3.36. The maximum absolute atomic E-state index is 13.9. The van der Waals surface area contributed by atoms with Crippen molar-refractivity contribution in [3.05, 3.63) is 58.4 Å². The molecule has 3 heterocycles. The van der Waals surface area contributed by atoms with Crippen LogP contribution in [-0.4, -0.2) is 30.2 Å². The summed E-state index contributed by atoms with van der Waals surface area (Å²) in [6.07, 6.45) is 3.24. The normalized spacial score (nSPS) is 10.4. The van der Waals surface area contributed by atoms with E-state index in [1.165, 1.54) is 6.07 Å². The lowest BCUT2D eigenvalue weighted by molar-refractivity contribution is 0.629. The number of aromatic amines is 1. The molecule has 4 rings (SSSR count). The van der Waals surface area contributed by atoms with Crippen LogP contribution in [0.5, 0.6) is 0 Å². The van der Waals surface area contributed by atoms with Gasteiger partial charge in [-0.1, -0.05) is 22.9 Å². The Kier molecular flexibility index (Phi) is 5.20. The third kappa shape index (κ3) is 3.75. The lowest BCUT2D eigenvalue weighted by Crippen LogP contribution is -1.94. The minimum absolute atomic E-state index is 0.241. The van der Waals surface area contributed by atoms with Crippen molar-refractivity contribution in [2.24, 2.45) is 7.05 Å². The van der Waals surface area contributed by atoms with Gasteiger partial charge >= 0.3 is 0 Å². The van der Waals surface area contributed by atoms with Crippen molar-refractivity contribution in [3.63, 3.8) is 0 Å². The van der Waals surface area contributed by atoms with E-state index in [9.17, 15) is 4.39 Å². The highest BCUT2D eigenvalue weighted by molar-refractivity contribution is 7.13. The van der Waals surface area contributed by atoms with Gasteiger partial charge in [-0.2, -0.15) is 5.10 Å². The number of aryl methyl sites for hydroxylation is 2. The summed E-state index contributed by atoms with van der Waals surface area (Å²) in [5.74, 6) is 0.600. The van der Waals surface area contributed by atoms with E-state index < -0.39 is 5.82 Å². The van der Waals surface area contributed by atoms with Gasteiger partial charge in [0.05, 0.1) is 21.7 Å². The van der Waals surface area contributed by atoms with Gasteiger partial charge in [-0.25, -0.2) is 14.1 Å². The molecule has 6 nitrogen and oxygen atoms in total. The minimum atomic E-state index is -0.419. The van der Waals surface area contributed by atoms with E-state index in [0.717, 1.165) is 10.4 Å². The Labute approximate surface area is 152 Å². The Balaban J connectivity index is 0.000000314. The summed E-state index contributed by atoms with van der Waals surface area (Å²) in [5.41, 5.74) is 1.36. The van der Waals surface area contributed by atoms with E-state index in [-0.39, 0.29) is 5.56 Å². The molecule has 1 N–H and O–H groups in total. The SMILES string of the molecule is Cc1ccsc1-c1nc(-c2c(F)cccc2Cl)nn1C.c1c[nH]nn1. The van der Waals surface area contributed by atoms with Gasteiger partial charge in [0.1, 0.15) is 5.82 Å². The highest BCUT2D eigenvalue weighted by Gasteiger charge is 2.18. The number of hydrogen-bond acceptors (Lipinski definition) is 5. The lowest BCUT2D eigenvalue weighted by Gasteiger charge is -2.00. The molecule has 0 atom stereocenters. The molecule has 9 heteroatoms. The lowest BCUT2D eigenvalue weighted by atomic mass is 10.2. The molecule has 0 fully saturated rings. The first kappa shape index (κ1) is 17.2. The average Bonchev–Trinajstić information content (AvgIpc) is 3.31. The second-order valence-electron chi connectivity index (χ2n) is 5.07. The smallest absolute Gasteiger partial charge is 0.186 e. The quantitative estimate of drug-likeness (QED) is 0.571. The monoisotopic (exact) mass is 376 g/mol. The topological polar surface area (TPSA) is 72.3 Å². The van der Waals surface area contributed by atoms with Crippen LogP contribution in [0.2, 0.25) is 5.02 Å². The second-order valence-corrected chi connectivity index (χ2v) is 6.40. The van der Waals surface area contributed by atoms with Gasteiger partial charge in [-0.15, -0.1) is 16.4 Å². The zero-order valence-corrected chi connectivity index (χ0v) is 15.0. The molecule has 128 valence electrons. The fourth-order valence-electron chi connectivity index (χ4n) is 2.17. The van der Waals surface area contributed by atoms with Crippen LogP contribution < -0.4 is 0 Å². The van der Waals surface area contributed by atoms with E-state index >= 15 is 0 Å². The number of benzene rings is 1. The average molecular weight is 377 g/mol. The third-order valence-electron chi connectivity index (χ3n) is 3.35. The van der Waals surface area contributed by atoms with Gasteiger partial charge in [0, 0.05) is 13.2 Å². The number of aromatic nitrogens is 6. The summed E-state index contributed by atoms with van der Waals surface area (Å²) in [6, 6.07) is 6.57. The molecular weight excluding hydrogens is 363 g/mol. The summed E-state index contributed by atoms with van der Waals surface area (Å²) in [5, 5.41) is 15.9. The maximum Gasteiger partial charge on any atom is 0.186 e. The van der Waals surface area contributed by atoms with Crippen molar-refractivity contribution in [1.29, 1.82) is 0 Å². The van der Waals surface area contributed by atoms with Crippen LogP contribution in [0.4, 0.5) is 4.39 Å². The van der Waals surface area contributed by atoms with Gasteiger partial charge in [-0.05, 0) is 36.1 Å². The van der Waals surface area contributed by atoms with Crippen LogP contribution in [0.25, 0.3) is 22.1 Å². The molecule has 0 aliphatic rings. The standard InChI is InChI=1S/C14H11ClFN3S.C2H3N3/c1-8-6-7-20-12(8)14-17-13(18-19(14)2)11-9(15)4-3-5-10(11)16;1-2-4-5-3-1/h3-7H,1-2H3;1-2H,(H,3,4,5). The van der Waals surface area contributed by atoms with Crippen molar-refractivity contribution in [2.45, 2.75) is 6.92 Å². The van der Waals surface area contributed by atoms with Gasteiger partial charge in [-0.3, -0.25) is 5.10 Å². The van der Waals surface area contributed by atoms with Gasteiger partial charge < -0.3 is 0 Å². The summed E-state index contributed by atoms with van der Waals surface area (Å²) < 4.78 is 15.6. The molecule has 0 amide bonds. The van der Waals surface area contributed by atoms with Crippen LogP contribution in [0, 0.1) is 12.7 Å². The highest BCUT2D eigenvalue weighted by Crippen LogP contribution is 2.32. The molecule has 0 unspecified atom stereocenters. The number of nitrogens with one attached hydrogen (secondary N) is 1. The molecule has 0 aliphatic heterocycles. The summed E-state index contributed by atoms with van der Waals surface area (Å²) in [7, 11) is 1.79. The Bertz CT molecular complexity index is 926. The first-order valence-electron chi connectivity index (χ1n) is 7.28. The van der Waals surface area contributed by atoms with Crippen LogP contribution in [0.1, 0.15) is 5.56 Å². The Morgan fingerprint density at radius 2 is 2.12 bits per heavy atom. The van der Waals surface area contributed by atoms with Crippen molar-refractivity contribution < 1.29 is 4.39 Å². The van der Waals surface area contributed by atoms with E-state index in [2.05, 4.69) is 25.5 Å². The number of thiophene rings is 1. The molecule has 25 heavy (non-hydrogen) atoms. The Morgan fingerprint density at radius 3 is 2.68 bits per heavy atom. The van der Waals surface area contributed by atoms with Crippen LogP contribution >= 0.6 is 22.9 Å². The molecule has 0 radical (unpaired) electrons. The molecule has 0 spiro atoms. The minimum Gasteiger partial charge on any atom is -0.266 e. The molecule has 0 saturated heterocycles. The van der Waals surface area contributed by atoms with E-state index in [4.69, 9.17) is 11.6 Å². The first-order chi connectivity index (χ1) is 12.1. The zero-order chi connectivity index (χ0) is 17.8. The number of nitrogens with zero attached hydrogens (tertiary/aromatic N) is 5. The van der Waals surface area contributed by atoms with Crippen molar-refractivity contribution >= 4 is 22.9 Å². The van der Waals surface area contributed by atoms with Crippen molar-refractivity contribution in [2.75, 3.05) is 0 Å². The van der Waals surface area contributed by atoms with Gasteiger partial charge in [0.15, 0.2) is 11.6 Å². The molecule has 0 bridgehead atoms. The van der Waals surface area contributed by atoms with Crippen molar-refractivity contribution in [3.8, 4) is 22.1 Å². The largest absolute Gasteiger partial charge is 0.266 e. The molecule has 1 aromatic carbocycles. The number of rotatable bonds is 2. The zero-order valence-electron chi connectivity index (χ0n) is 13.4. The fraction of sp³-hybridized carbons (Fsp3) is 0.125. The third-order valence-corrected chi connectivity index (χ3v) is 4.67. The molecule has 3 aromatic heterocycles. The number of H-pyrrole nitrogens is 1. The van der Waals surface area contributed by atoms with Gasteiger partial charge in [0.2, 0.25) is 0 Å². The predicted molar refractivity (Wildman–Crippen MR) is 95.8 cm³/mol. The predicted octanol–water partition coefficient (Wildman–Crippen LogP) is 4.12. The van der Waals surface area contributed by atoms with E-state index in [0.29, 0.717) is 16.7 Å². The Hall–Kier alpha value is -2.58. The molecule has 0 aliphatic carbocycles. The number of hydrogen-bond donors (Lipinski definition) is 1. The molecular formula is C16H14ClFN6S. The van der Waals surface area contributed by atoms with Gasteiger partial charge in [0.25, 0.3) is 0 Å². The van der Waals surface area contributed by atoms with E-state index in [1.54, 1.807) is 47.6 Å². The summed E-state index contributed by atoms with van der Waals surface area (Å²) >= 11 is 7.64. The van der Waals surface area contributed by atoms with Crippen LogP contribution in [-0.2, 0) is 7.05 Å². The second kappa shape index (κ2) is 7.54. The maximum atomic E-state index is 13.9. The van der Waals surface area contributed by atoms with Crippen LogP contribution in [0.3, 0.4) is 0 Å².